The largest absolute Gasteiger partial charge is 0.524 e. The van der Waals surface area contributed by atoms with Gasteiger partial charge in [0.25, 0.3) is 0 Å². The first-order valence-electron chi connectivity index (χ1n) is 2.35. The van der Waals surface area contributed by atoms with Crippen LogP contribution in [-0.4, -0.2) is 12.2 Å². The molecular weight excluding hydrogens is 126 g/mol. The molecule has 0 fully saturated rings. The number of hydrogen-bond donors (Lipinski definition) is 2. The molecule has 0 aromatic heterocycles. The average Bonchev–Trinajstić information content (AvgIpc) is 1.65. The summed E-state index contributed by atoms with van der Waals surface area (Å²) in [6.07, 6.45) is -0.436. The number of thiol groups is 1. The molecule has 0 aromatic carbocycles. The number of rotatable bonds is 1. The first-order chi connectivity index (χ1) is 3.66. The molecule has 2 N–H and O–H groups in total. The molecule has 0 aliphatic rings. The van der Waals surface area contributed by atoms with Crippen molar-refractivity contribution in [3.63, 3.8) is 0 Å². The Kier molecular flexibility index (Phi) is 3.64. The monoisotopic (exact) mass is 136 g/mol. The van der Waals surface area contributed by atoms with Gasteiger partial charge in [0.1, 0.15) is 6.10 Å². The zero-order valence-electron chi connectivity index (χ0n) is 4.92. The zero-order chi connectivity index (χ0) is 6.57. The fourth-order valence-corrected chi connectivity index (χ4v) is 0.324. The van der Waals surface area contributed by atoms with E-state index in [0.29, 0.717) is 0 Å². The van der Waals surface area contributed by atoms with Crippen LogP contribution < -0.4 is 4.72 Å². The van der Waals surface area contributed by atoms with E-state index in [1.54, 1.807) is 13.8 Å². The third kappa shape index (κ3) is 3.95. The van der Waals surface area contributed by atoms with E-state index in [0.717, 1.165) is 4.72 Å². The molecule has 0 heterocycles. The van der Waals surface area contributed by atoms with Crippen LogP contribution in [0.3, 0.4) is 0 Å². The van der Waals surface area contributed by atoms with Crippen molar-refractivity contribution >= 4 is 18.9 Å². The van der Waals surface area contributed by atoms with Crippen molar-refractivity contribution in [3.8, 4) is 0 Å². The molecular formula is C4H10NO2S+. The van der Waals surface area contributed by atoms with Gasteiger partial charge in [-0.3, -0.25) is 0 Å². The van der Waals surface area contributed by atoms with Gasteiger partial charge in [0.2, 0.25) is 0 Å². The van der Waals surface area contributed by atoms with Crippen LogP contribution in [0.4, 0.5) is 4.79 Å². The minimum absolute atomic E-state index is 0.0501. The van der Waals surface area contributed by atoms with Crippen molar-refractivity contribution in [3.05, 3.63) is 0 Å². The topological polar surface area (TPSA) is 42.9 Å². The van der Waals surface area contributed by atoms with Gasteiger partial charge in [0.15, 0.2) is 0 Å². The lowest BCUT2D eigenvalue weighted by atomic mass is 10.5. The predicted molar refractivity (Wildman–Crippen MR) is 32.5 cm³/mol. The fourth-order valence-electron chi connectivity index (χ4n) is 0.263. The van der Waals surface area contributed by atoms with Crippen LogP contribution in [0.25, 0.3) is 0 Å². The van der Waals surface area contributed by atoms with Crippen LogP contribution in [0.2, 0.25) is 0 Å². The van der Waals surface area contributed by atoms with Gasteiger partial charge in [-0.15, -0.1) is 0 Å². The van der Waals surface area contributed by atoms with Crippen molar-refractivity contribution in [1.82, 2.24) is 0 Å². The summed E-state index contributed by atoms with van der Waals surface area (Å²) in [4.78, 5) is 10.3. The molecule has 0 aliphatic carbocycles. The Bertz CT molecular complexity index is 84.1. The Morgan fingerprint density at radius 1 is 1.75 bits per heavy atom. The van der Waals surface area contributed by atoms with Crippen LogP contribution in [-0.2, 0) is 4.74 Å². The van der Waals surface area contributed by atoms with E-state index in [1.807, 2.05) is 0 Å². The summed E-state index contributed by atoms with van der Waals surface area (Å²) in [5.74, 6) is 0. The van der Waals surface area contributed by atoms with Gasteiger partial charge >= 0.3 is 6.09 Å². The highest BCUT2D eigenvalue weighted by molar-refractivity contribution is 7.73. The summed E-state index contributed by atoms with van der Waals surface area (Å²) < 4.78 is 5.73. The highest BCUT2D eigenvalue weighted by atomic mass is 32.1. The Hall–Kier alpha value is -0.220. The van der Waals surface area contributed by atoms with Crippen LogP contribution in [0, 0.1) is 0 Å². The summed E-state index contributed by atoms with van der Waals surface area (Å²) in [6.45, 7) is 3.57. The maximum atomic E-state index is 10.3. The van der Waals surface area contributed by atoms with E-state index in [1.165, 1.54) is 0 Å². The Morgan fingerprint density at radius 3 is 2.38 bits per heavy atom. The molecule has 0 spiro atoms. The molecule has 8 heavy (non-hydrogen) atoms. The maximum absolute atomic E-state index is 10.3. The van der Waals surface area contributed by atoms with Crippen molar-refractivity contribution in [2.45, 2.75) is 20.0 Å². The van der Waals surface area contributed by atoms with Crippen molar-refractivity contribution < 1.29 is 14.3 Å². The molecule has 0 rings (SSSR count). The number of nitrogens with two attached hydrogens (primary N) is 1. The first kappa shape index (κ1) is 7.78. The Labute approximate surface area is 53.9 Å². The lowest BCUT2D eigenvalue weighted by molar-refractivity contribution is -0.387. The molecule has 0 aliphatic heterocycles. The Balaban J connectivity index is 3.25. The number of carbonyl (C=O) groups excluding carboxylic acids is 1. The van der Waals surface area contributed by atoms with E-state index in [2.05, 4.69) is 17.6 Å². The molecule has 3 nitrogen and oxygen atoms in total. The normalized spacial score (nSPS) is 9.50. The number of carbonyl (C=O) groups is 1. The molecule has 0 bridgehead atoms. The first-order valence-corrected chi connectivity index (χ1v) is 2.86. The lowest BCUT2D eigenvalue weighted by Gasteiger charge is -2.00. The number of amides is 1. The summed E-state index contributed by atoms with van der Waals surface area (Å²) in [5, 5.41) is 0. The number of hydrogen-bond acceptors (Lipinski definition) is 3. The van der Waals surface area contributed by atoms with Gasteiger partial charge in [0, 0.05) is 0 Å². The summed E-state index contributed by atoms with van der Waals surface area (Å²) >= 11 is 3.59. The molecule has 48 valence electrons. The van der Waals surface area contributed by atoms with Gasteiger partial charge in [-0.05, 0) is 13.8 Å². The Morgan fingerprint density at radius 2 is 2.25 bits per heavy atom. The van der Waals surface area contributed by atoms with Crippen LogP contribution in [0.15, 0.2) is 0 Å². The molecule has 0 radical (unpaired) electrons. The number of primary amides is 1. The van der Waals surface area contributed by atoms with Gasteiger partial charge < -0.3 is 4.74 Å². The molecule has 1 amide bonds. The zero-order valence-corrected chi connectivity index (χ0v) is 5.81. The van der Waals surface area contributed by atoms with E-state index in [-0.39, 0.29) is 12.2 Å². The van der Waals surface area contributed by atoms with Gasteiger partial charge in [0.05, 0.1) is 12.8 Å². The van der Waals surface area contributed by atoms with Crippen molar-refractivity contribution in [2.75, 3.05) is 0 Å². The second kappa shape index (κ2) is 3.74. The van der Waals surface area contributed by atoms with Crippen LogP contribution in [0.1, 0.15) is 13.8 Å². The quantitative estimate of drug-likeness (QED) is 0.496. The smallest absolute Gasteiger partial charge is 0.417 e. The summed E-state index contributed by atoms with van der Waals surface area (Å²) in [6, 6.07) is 0. The average molecular weight is 136 g/mol. The SMILES string of the molecule is CC(C)OC(=O)[NH2+]S. The highest BCUT2D eigenvalue weighted by Gasteiger charge is 2.04. The molecule has 0 unspecified atom stereocenters. The number of ether oxygens (including phenoxy) is 1. The number of quaternary nitrogens is 1. The highest BCUT2D eigenvalue weighted by Crippen LogP contribution is 1.83. The molecule has 0 atom stereocenters. The van der Waals surface area contributed by atoms with Crippen molar-refractivity contribution in [2.24, 2.45) is 0 Å². The minimum Gasteiger partial charge on any atom is -0.417 e. The second-order valence-corrected chi connectivity index (χ2v) is 1.87. The van der Waals surface area contributed by atoms with Crippen LogP contribution in [0.5, 0.6) is 0 Å². The van der Waals surface area contributed by atoms with Gasteiger partial charge in [-0.2, -0.15) is 9.52 Å². The van der Waals surface area contributed by atoms with Crippen LogP contribution >= 0.6 is 12.8 Å². The fraction of sp³-hybridized carbons (Fsp3) is 0.750. The summed E-state index contributed by atoms with van der Waals surface area (Å²) in [7, 11) is 0. The summed E-state index contributed by atoms with van der Waals surface area (Å²) in [5.41, 5.74) is 0. The maximum Gasteiger partial charge on any atom is 0.524 e. The second-order valence-electron chi connectivity index (χ2n) is 1.61. The molecule has 4 heteroatoms. The van der Waals surface area contributed by atoms with E-state index in [4.69, 9.17) is 0 Å². The standard InChI is InChI=1S/C4H9NO2S/c1-3(2)7-4(6)5-8/h3,8H,1-2H3,(H,5,6)/p+1. The van der Waals surface area contributed by atoms with E-state index >= 15 is 0 Å². The third-order valence-electron chi connectivity index (χ3n) is 0.457. The molecule has 0 aromatic rings. The molecule has 0 saturated heterocycles. The predicted octanol–water partition coefficient (Wildman–Crippen LogP) is -0.0604. The van der Waals surface area contributed by atoms with E-state index < -0.39 is 0 Å². The van der Waals surface area contributed by atoms with Crippen molar-refractivity contribution in [1.29, 1.82) is 0 Å². The third-order valence-corrected chi connectivity index (χ3v) is 0.668. The minimum atomic E-state index is -0.386. The van der Waals surface area contributed by atoms with Gasteiger partial charge in [-0.25, -0.2) is 0 Å². The van der Waals surface area contributed by atoms with Gasteiger partial charge in [-0.1, -0.05) is 0 Å². The molecule has 0 saturated carbocycles. The van der Waals surface area contributed by atoms with E-state index in [9.17, 15) is 4.79 Å². The lowest BCUT2D eigenvalue weighted by Crippen LogP contribution is -2.77.